The number of primary amides is 1. The average molecular weight is 650 g/mol. The number of carbonyl (C=O) groups is 5. The van der Waals surface area contributed by atoms with Crippen LogP contribution in [-0.2, 0) is 30.4 Å². The monoisotopic (exact) mass is 649 g/mol. The van der Waals surface area contributed by atoms with Crippen LogP contribution in [0.4, 0.5) is 0 Å². The number of guanidine groups is 2. The molecule has 0 fully saturated rings. The first-order valence-electron chi connectivity index (χ1n) is 14.4. The third-order valence-corrected chi connectivity index (χ3v) is 7.05. The van der Waals surface area contributed by atoms with E-state index in [1.165, 1.54) is 18.7 Å². The van der Waals surface area contributed by atoms with Crippen molar-refractivity contribution >= 4 is 53.2 Å². The lowest BCUT2D eigenvalue weighted by atomic mass is 10.0. The van der Waals surface area contributed by atoms with Crippen LogP contribution in [0, 0.1) is 0 Å². The van der Waals surface area contributed by atoms with Crippen molar-refractivity contribution in [1.82, 2.24) is 21.3 Å². The number of aliphatic imine (C=N–C) groups is 2. The maximum Gasteiger partial charge on any atom is 0.243 e. The molecule has 0 unspecified atom stereocenters. The molecule has 1 aromatic carbocycles. The molecule has 0 aromatic heterocycles. The fourth-order valence-corrected chi connectivity index (χ4v) is 4.66. The summed E-state index contributed by atoms with van der Waals surface area (Å²) in [7, 11) is 0. The summed E-state index contributed by atoms with van der Waals surface area (Å²) in [6.45, 7) is 1.71. The maximum absolute atomic E-state index is 13.5. The Balaban J connectivity index is 3.13. The van der Waals surface area contributed by atoms with E-state index in [0.717, 1.165) is 5.56 Å². The zero-order valence-electron chi connectivity index (χ0n) is 25.8. The minimum absolute atomic E-state index is 0.0940. The van der Waals surface area contributed by atoms with Crippen LogP contribution in [0.5, 0.6) is 0 Å². The Morgan fingerprint density at radius 2 is 1.13 bits per heavy atom. The smallest absolute Gasteiger partial charge is 0.243 e. The first kappa shape index (κ1) is 38.5. The number of carbonyl (C=O) groups excluding carboxylic acids is 5. The van der Waals surface area contributed by atoms with Gasteiger partial charge in [-0.25, -0.2) is 0 Å². The lowest BCUT2D eigenvalue weighted by Crippen LogP contribution is -2.58. The molecule has 17 heteroatoms. The van der Waals surface area contributed by atoms with Gasteiger partial charge in [-0.3, -0.25) is 34.0 Å². The lowest BCUT2D eigenvalue weighted by molar-refractivity contribution is -0.134. The number of nitrogens with one attached hydrogen (secondary N) is 4. The van der Waals surface area contributed by atoms with Gasteiger partial charge in [0.15, 0.2) is 11.9 Å². The number of benzene rings is 1. The Hall–Kier alpha value is -4.54. The SMILES string of the molecule is CSCC[C@H](NC(=O)[C@H](CCCN=C(N)N)NC(C)=O)C(=O)N[C@@H](CCCN=C(N)N)C(=O)N[C@@H](Cc1ccccc1)C(N)=O. The van der Waals surface area contributed by atoms with E-state index in [2.05, 4.69) is 31.3 Å². The third-order valence-electron chi connectivity index (χ3n) is 6.40. The minimum Gasteiger partial charge on any atom is -0.370 e. The number of rotatable bonds is 21. The normalized spacial score (nSPS) is 13.2. The summed E-state index contributed by atoms with van der Waals surface area (Å²) >= 11 is 1.46. The zero-order valence-corrected chi connectivity index (χ0v) is 26.6. The van der Waals surface area contributed by atoms with Gasteiger partial charge in [-0.15, -0.1) is 0 Å². The van der Waals surface area contributed by atoms with Gasteiger partial charge in [0.25, 0.3) is 0 Å². The van der Waals surface area contributed by atoms with Crippen molar-refractivity contribution in [2.75, 3.05) is 25.1 Å². The van der Waals surface area contributed by atoms with E-state index in [0.29, 0.717) is 18.6 Å². The molecule has 0 saturated heterocycles. The number of hydrogen-bond donors (Lipinski definition) is 9. The molecule has 0 saturated carbocycles. The molecule has 16 nitrogen and oxygen atoms in total. The first-order valence-corrected chi connectivity index (χ1v) is 15.8. The Labute approximate surface area is 267 Å². The van der Waals surface area contributed by atoms with Crippen LogP contribution in [-0.4, -0.2) is 90.7 Å². The van der Waals surface area contributed by atoms with Gasteiger partial charge in [0.1, 0.15) is 24.2 Å². The molecular weight excluding hydrogens is 602 g/mol. The van der Waals surface area contributed by atoms with Gasteiger partial charge in [0, 0.05) is 26.4 Å². The van der Waals surface area contributed by atoms with Crippen molar-refractivity contribution in [2.45, 2.75) is 69.6 Å². The van der Waals surface area contributed by atoms with Crippen molar-refractivity contribution in [3.05, 3.63) is 35.9 Å². The highest BCUT2D eigenvalue weighted by Gasteiger charge is 2.30. The van der Waals surface area contributed by atoms with Crippen LogP contribution in [0.3, 0.4) is 0 Å². The van der Waals surface area contributed by atoms with Crippen molar-refractivity contribution in [3.8, 4) is 0 Å². The number of nitrogens with zero attached hydrogens (tertiary/aromatic N) is 2. The Morgan fingerprint density at radius 1 is 0.689 bits per heavy atom. The van der Waals surface area contributed by atoms with E-state index in [1.54, 1.807) is 24.3 Å². The van der Waals surface area contributed by atoms with Crippen molar-refractivity contribution in [3.63, 3.8) is 0 Å². The predicted molar refractivity (Wildman–Crippen MR) is 176 cm³/mol. The van der Waals surface area contributed by atoms with Gasteiger partial charge < -0.3 is 49.9 Å². The molecule has 250 valence electrons. The molecular formula is C28H47N11O5S. The van der Waals surface area contributed by atoms with Crippen LogP contribution in [0.25, 0.3) is 0 Å². The second-order valence-corrected chi connectivity index (χ2v) is 11.2. The second-order valence-electron chi connectivity index (χ2n) is 10.2. The zero-order chi connectivity index (χ0) is 33.8. The second kappa shape index (κ2) is 21.2. The van der Waals surface area contributed by atoms with Crippen LogP contribution in [0.15, 0.2) is 40.3 Å². The van der Waals surface area contributed by atoms with Gasteiger partial charge in [-0.05, 0) is 49.7 Å². The van der Waals surface area contributed by atoms with Crippen LogP contribution in [0.1, 0.15) is 44.6 Å². The molecule has 1 rings (SSSR count). The van der Waals surface area contributed by atoms with Gasteiger partial charge in [0.05, 0.1) is 0 Å². The molecule has 4 atom stereocenters. The van der Waals surface area contributed by atoms with E-state index in [9.17, 15) is 24.0 Å². The molecule has 14 N–H and O–H groups in total. The summed E-state index contributed by atoms with van der Waals surface area (Å²) in [4.78, 5) is 71.9. The molecule has 1 aromatic rings. The van der Waals surface area contributed by atoms with E-state index in [4.69, 9.17) is 28.7 Å². The highest BCUT2D eigenvalue weighted by atomic mass is 32.2. The average Bonchev–Trinajstić information content (AvgIpc) is 2.97. The fraction of sp³-hybridized carbons (Fsp3) is 0.536. The molecule has 0 heterocycles. The lowest BCUT2D eigenvalue weighted by Gasteiger charge is -2.26. The molecule has 0 radical (unpaired) electrons. The largest absolute Gasteiger partial charge is 0.370 e. The molecule has 45 heavy (non-hydrogen) atoms. The summed E-state index contributed by atoms with van der Waals surface area (Å²) in [5, 5.41) is 10.6. The predicted octanol–water partition coefficient (Wildman–Crippen LogP) is -2.47. The quantitative estimate of drug-likeness (QED) is 0.0384. The molecule has 0 bridgehead atoms. The highest BCUT2D eigenvalue weighted by molar-refractivity contribution is 7.98. The van der Waals surface area contributed by atoms with Gasteiger partial charge in [0.2, 0.25) is 29.5 Å². The van der Waals surface area contributed by atoms with E-state index in [1.807, 2.05) is 12.3 Å². The Kier molecular flexibility index (Phi) is 18.1. The van der Waals surface area contributed by atoms with Crippen molar-refractivity contribution in [1.29, 1.82) is 0 Å². The van der Waals surface area contributed by atoms with Crippen molar-refractivity contribution in [2.24, 2.45) is 38.7 Å². The number of hydrogen-bond acceptors (Lipinski definition) is 8. The highest BCUT2D eigenvalue weighted by Crippen LogP contribution is 2.08. The van der Waals surface area contributed by atoms with E-state index >= 15 is 0 Å². The maximum atomic E-state index is 13.5. The summed E-state index contributed by atoms with van der Waals surface area (Å²) in [6, 6.07) is 4.87. The summed E-state index contributed by atoms with van der Waals surface area (Å²) in [5.41, 5.74) is 27.9. The van der Waals surface area contributed by atoms with E-state index < -0.39 is 53.7 Å². The topological polar surface area (TPSA) is 288 Å². The van der Waals surface area contributed by atoms with Crippen LogP contribution >= 0.6 is 11.8 Å². The standard InChI is InChI=1S/C28H47N11O5S/c1-17(40)36-19(10-6-13-34-27(30)31)24(42)38-21(12-15-45-2)26(44)37-20(11-7-14-35-28(32)33)25(43)39-22(23(29)41)16-18-8-4-3-5-9-18/h3-5,8-9,19-22H,6-7,10-16H2,1-2H3,(H2,29,41)(H,36,40)(H,37,44)(H,38,42)(H,39,43)(H4,30,31,34)(H4,32,33,35)/t19-,20-,21-,22-/m0/s1. The fourth-order valence-electron chi connectivity index (χ4n) is 4.18. The van der Waals surface area contributed by atoms with Crippen LogP contribution in [0.2, 0.25) is 0 Å². The Bertz CT molecular complexity index is 1170. The van der Waals surface area contributed by atoms with Gasteiger partial charge in [-0.1, -0.05) is 30.3 Å². The van der Waals surface area contributed by atoms with Gasteiger partial charge in [-0.2, -0.15) is 11.8 Å². The summed E-state index contributed by atoms with van der Waals surface area (Å²) in [6.07, 6.45) is 3.27. The molecule has 0 aliphatic carbocycles. The Morgan fingerprint density at radius 3 is 1.56 bits per heavy atom. The van der Waals surface area contributed by atoms with Crippen LogP contribution < -0.4 is 49.9 Å². The molecule has 0 aliphatic rings. The number of amides is 5. The molecule has 0 spiro atoms. The summed E-state index contributed by atoms with van der Waals surface area (Å²) in [5.74, 6) is -2.73. The minimum atomic E-state index is -1.11. The molecule has 5 amide bonds. The van der Waals surface area contributed by atoms with E-state index in [-0.39, 0.29) is 50.7 Å². The number of nitrogens with two attached hydrogens (primary N) is 5. The number of thioether (sulfide) groups is 1. The van der Waals surface area contributed by atoms with Crippen molar-refractivity contribution < 1.29 is 24.0 Å². The third kappa shape index (κ3) is 16.8. The summed E-state index contributed by atoms with van der Waals surface area (Å²) < 4.78 is 0. The first-order chi connectivity index (χ1) is 21.3. The molecule has 0 aliphatic heterocycles. The van der Waals surface area contributed by atoms with Gasteiger partial charge >= 0.3 is 0 Å².